The maximum absolute atomic E-state index is 11.2. The van der Waals surface area contributed by atoms with Crippen molar-refractivity contribution in [3.8, 4) is 0 Å². The van der Waals surface area contributed by atoms with Crippen LogP contribution in [0.5, 0.6) is 0 Å². The predicted molar refractivity (Wildman–Crippen MR) is 57.2 cm³/mol. The average Bonchev–Trinajstić information content (AvgIpc) is 2.10. The van der Waals surface area contributed by atoms with Crippen molar-refractivity contribution < 1.29 is 33.0 Å². The van der Waals surface area contributed by atoms with Crippen LogP contribution in [0.4, 0.5) is 4.79 Å². The van der Waals surface area contributed by atoms with Crippen molar-refractivity contribution in [2.24, 2.45) is 0 Å². The Morgan fingerprint density at radius 3 is 2.29 bits per heavy atom. The Labute approximate surface area is 98.8 Å². The van der Waals surface area contributed by atoms with Crippen LogP contribution in [0.15, 0.2) is 0 Å². The quantitative estimate of drug-likeness (QED) is 0.569. The Bertz CT molecular complexity index is 335. The molecule has 8 nitrogen and oxygen atoms in total. The van der Waals surface area contributed by atoms with Crippen LogP contribution in [0.3, 0.4) is 0 Å². The number of carbonyl (C=O) groups excluding carboxylic acids is 2. The van der Waals surface area contributed by atoms with Gasteiger partial charge in [-0.1, -0.05) is 0 Å². The first-order chi connectivity index (χ1) is 7.56. The lowest BCUT2D eigenvalue weighted by Crippen LogP contribution is -2.27. The van der Waals surface area contributed by atoms with E-state index in [0.29, 0.717) is 0 Å². The van der Waals surface area contributed by atoms with Gasteiger partial charge in [0.1, 0.15) is 12.1 Å². The summed E-state index contributed by atoms with van der Waals surface area (Å²) in [4.78, 5) is 30.9. The first-order valence-electron chi connectivity index (χ1n) is 4.63. The summed E-state index contributed by atoms with van der Waals surface area (Å²) < 4.78 is 24.3. The second-order valence-corrected chi connectivity index (χ2v) is 5.53. The van der Waals surface area contributed by atoms with Gasteiger partial charge in [-0.2, -0.15) is 0 Å². The highest BCUT2D eigenvalue weighted by atomic mass is 31.2. The van der Waals surface area contributed by atoms with Crippen molar-refractivity contribution in [3.63, 3.8) is 0 Å². The van der Waals surface area contributed by atoms with Gasteiger partial charge < -0.3 is 18.9 Å². The van der Waals surface area contributed by atoms with Gasteiger partial charge in [0.25, 0.3) is 0 Å². The second-order valence-electron chi connectivity index (χ2n) is 3.99. The largest absolute Gasteiger partial charge is 0.516 e. The fraction of sp³-hybridized carbons (Fsp3) is 0.750. The number of carbonyl (C=O) groups is 2. The highest BCUT2D eigenvalue weighted by molar-refractivity contribution is 7.51. The Morgan fingerprint density at radius 2 is 1.88 bits per heavy atom. The van der Waals surface area contributed by atoms with E-state index < -0.39 is 32.0 Å². The molecule has 0 aromatic heterocycles. The van der Waals surface area contributed by atoms with E-state index in [1.165, 1.54) is 0 Å². The number of rotatable bonds is 4. The van der Waals surface area contributed by atoms with Gasteiger partial charge in [0.15, 0.2) is 0 Å². The van der Waals surface area contributed by atoms with Crippen LogP contribution >= 0.6 is 7.75 Å². The highest BCUT2D eigenvalue weighted by Gasteiger charge is 2.28. The van der Waals surface area contributed by atoms with Gasteiger partial charge in [-0.05, 0) is 20.8 Å². The van der Waals surface area contributed by atoms with Crippen molar-refractivity contribution in [3.05, 3.63) is 0 Å². The molecule has 0 aliphatic rings. The van der Waals surface area contributed by atoms with E-state index in [1.54, 1.807) is 20.8 Å². The predicted octanol–water partition coefficient (Wildman–Crippen LogP) is 0.801. The number of nitrogens with one attached hydrogen (secondary N) is 1. The molecular formula is C8H16NO7P. The smallest absolute Gasteiger partial charge is 0.468 e. The van der Waals surface area contributed by atoms with Crippen LogP contribution < -0.4 is 5.09 Å². The minimum absolute atomic E-state index is 0.562. The zero-order valence-corrected chi connectivity index (χ0v) is 10.9. The van der Waals surface area contributed by atoms with Gasteiger partial charge in [-0.25, -0.2) is 14.4 Å². The number of hydrogen-bond donors (Lipinski definition) is 2. The van der Waals surface area contributed by atoms with Crippen molar-refractivity contribution >= 4 is 19.9 Å². The molecule has 0 saturated heterocycles. The van der Waals surface area contributed by atoms with Crippen molar-refractivity contribution in [2.75, 3.05) is 13.7 Å². The minimum atomic E-state index is -4.43. The van der Waals surface area contributed by atoms with Gasteiger partial charge >= 0.3 is 19.9 Å². The lowest BCUT2D eigenvalue weighted by Gasteiger charge is -2.20. The zero-order chi connectivity index (χ0) is 13.7. The van der Waals surface area contributed by atoms with Crippen LogP contribution in [0.1, 0.15) is 20.8 Å². The molecule has 0 aliphatic heterocycles. The number of hydrogen-bond acceptors (Lipinski definition) is 6. The Kier molecular flexibility index (Phi) is 5.60. The lowest BCUT2D eigenvalue weighted by molar-refractivity contribution is -0.139. The molecule has 17 heavy (non-hydrogen) atoms. The van der Waals surface area contributed by atoms with E-state index in [1.807, 2.05) is 5.09 Å². The number of esters is 1. The molecule has 0 rings (SSSR count). The van der Waals surface area contributed by atoms with Crippen molar-refractivity contribution in [1.29, 1.82) is 0 Å². The topological polar surface area (TPSA) is 111 Å². The first-order valence-corrected chi connectivity index (χ1v) is 6.21. The molecule has 0 aromatic carbocycles. The van der Waals surface area contributed by atoms with Crippen LogP contribution in [0, 0.1) is 0 Å². The summed E-state index contributed by atoms with van der Waals surface area (Å²) in [6, 6.07) is 0. The molecule has 0 heterocycles. The van der Waals surface area contributed by atoms with Gasteiger partial charge in [0, 0.05) is 0 Å². The third kappa shape index (κ3) is 8.67. The SMILES string of the molecule is COC(=O)CNP(=O)(O)OC(=O)OC(C)(C)C. The van der Waals surface area contributed by atoms with Crippen LogP contribution in [0.2, 0.25) is 0 Å². The molecule has 0 aliphatic carbocycles. The lowest BCUT2D eigenvalue weighted by atomic mass is 10.2. The minimum Gasteiger partial charge on any atom is -0.468 e. The zero-order valence-electron chi connectivity index (χ0n) is 10.1. The van der Waals surface area contributed by atoms with Crippen LogP contribution in [0.25, 0.3) is 0 Å². The van der Waals surface area contributed by atoms with E-state index in [2.05, 4.69) is 14.0 Å². The molecule has 100 valence electrons. The molecule has 0 aromatic rings. The summed E-state index contributed by atoms with van der Waals surface area (Å²) >= 11 is 0. The molecule has 9 heteroatoms. The van der Waals surface area contributed by atoms with Gasteiger partial charge in [-0.15, -0.1) is 0 Å². The summed E-state index contributed by atoms with van der Waals surface area (Å²) in [6.45, 7) is 4.14. The Balaban J connectivity index is 4.21. The Morgan fingerprint density at radius 1 is 1.35 bits per heavy atom. The molecule has 0 radical (unpaired) electrons. The maximum atomic E-state index is 11.2. The summed E-state index contributed by atoms with van der Waals surface area (Å²) in [5.74, 6) is -0.771. The first kappa shape index (κ1) is 15.9. The Hall–Kier alpha value is -1.11. The standard InChI is InChI=1S/C8H16NO7P/c1-8(2,3)15-7(11)16-17(12,13)9-5-6(10)14-4/h5H2,1-4H3,(H2,9,12,13). The monoisotopic (exact) mass is 269 g/mol. The number of methoxy groups -OCH3 is 1. The molecule has 2 N–H and O–H groups in total. The summed E-state index contributed by atoms with van der Waals surface area (Å²) in [7, 11) is -3.32. The fourth-order valence-electron chi connectivity index (χ4n) is 0.639. The summed E-state index contributed by atoms with van der Waals surface area (Å²) in [5.41, 5.74) is -0.848. The maximum Gasteiger partial charge on any atom is 0.516 e. The van der Waals surface area contributed by atoms with Crippen LogP contribution in [-0.4, -0.2) is 36.3 Å². The average molecular weight is 269 g/mol. The van der Waals surface area contributed by atoms with Gasteiger partial charge in [-0.3, -0.25) is 4.79 Å². The normalized spacial score (nSPS) is 14.6. The molecule has 0 saturated carbocycles. The molecule has 1 atom stereocenters. The summed E-state index contributed by atoms with van der Waals surface area (Å²) in [6.07, 6.45) is -1.30. The summed E-state index contributed by atoms with van der Waals surface area (Å²) in [5, 5.41) is 1.84. The molecule has 0 spiro atoms. The second kappa shape index (κ2) is 6.00. The van der Waals surface area contributed by atoms with E-state index in [9.17, 15) is 14.2 Å². The van der Waals surface area contributed by atoms with Crippen molar-refractivity contribution in [1.82, 2.24) is 5.09 Å². The van der Waals surface area contributed by atoms with E-state index >= 15 is 0 Å². The van der Waals surface area contributed by atoms with Gasteiger partial charge in [0.05, 0.1) is 7.11 Å². The van der Waals surface area contributed by atoms with E-state index in [0.717, 1.165) is 7.11 Å². The third-order valence-electron chi connectivity index (χ3n) is 1.24. The van der Waals surface area contributed by atoms with Gasteiger partial charge in [0.2, 0.25) is 0 Å². The molecule has 0 bridgehead atoms. The highest BCUT2D eigenvalue weighted by Crippen LogP contribution is 2.37. The van der Waals surface area contributed by atoms with Crippen LogP contribution in [-0.2, 0) is 23.4 Å². The molecular weight excluding hydrogens is 253 g/mol. The number of ether oxygens (including phenoxy) is 2. The molecule has 1 unspecified atom stereocenters. The molecule has 0 fully saturated rings. The van der Waals surface area contributed by atoms with Crippen molar-refractivity contribution in [2.45, 2.75) is 26.4 Å². The van der Waals surface area contributed by atoms with E-state index in [4.69, 9.17) is 4.89 Å². The fourth-order valence-corrected chi connectivity index (χ4v) is 1.27. The third-order valence-corrected chi connectivity index (χ3v) is 2.19. The van der Waals surface area contributed by atoms with E-state index in [-0.39, 0.29) is 0 Å². The molecule has 0 amide bonds.